The van der Waals surface area contributed by atoms with Crippen molar-refractivity contribution in [2.24, 2.45) is 0 Å². The maximum absolute atomic E-state index is 6.00. The molecule has 2 aliphatic heterocycles. The molecule has 5 heterocycles. The summed E-state index contributed by atoms with van der Waals surface area (Å²) >= 11 is 0. The van der Waals surface area contributed by atoms with Crippen molar-refractivity contribution in [1.82, 2.24) is 24.6 Å². The molecule has 3 aromatic heterocycles. The summed E-state index contributed by atoms with van der Waals surface area (Å²) in [5, 5.41) is 6.26. The lowest BCUT2D eigenvalue weighted by molar-refractivity contribution is 0.294. The molecule has 0 saturated carbocycles. The number of fused-ring (bicyclic) bond motifs is 2. The standard InChI is InChI=1S/C32H31N5O2/c1-2-6-23(7-3-1)20-37-22-26(31(35-37)25-9-10-29-30(18-25)39-17-5-16-38-29)21-36-14-11-24(12-15-36)28-19-34-32-27(28)8-4-13-33-32/h1-4,6-11,13,18-19,22H,5,12,14-17,20-21H2,(H,33,34). The molecule has 7 nitrogen and oxygen atoms in total. The number of hydrogen-bond donors (Lipinski definition) is 1. The quantitative estimate of drug-likeness (QED) is 0.303. The number of aromatic nitrogens is 4. The van der Waals surface area contributed by atoms with E-state index in [2.05, 4.69) is 80.5 Å². The Hall–Kier alpha value is -4.36. The largest absolute Gasteiger partial charge is 0.490 e. The second-order valence-electron chi connectivity index (χ2n) is 10.2. The van der Waals surface area contributed by atoms with E-state index in [1.807, 2.05) is 24.4 Å². The molecule has 7 heteroatoms. The van der Waals surface area contributed by atoms with Crippen LogP contribution >= 0.6 is 0 Å². The lowest BCUT2D eigenvalue weighted by Crippen LogP contribution is -2.28. The Morgan fingerprint density at radius 2 is 1.82 bits per heavy atom. The fourth-order valence-electron chi connectivity index (χ4n) is 5.55. The van der Waals surface area contributed by atoms with Crippen LogP contribution in [-0.4, -0.2) is 51.0 Å². The van der Waals surface area contributed by atoms with E-state index < -0.39 is 0 Å². The van der Waals surface area contributed by atoms with E-state index >= 15 is 0 Å². The topological polar surface area (TPSA) is 68.2 Å². The monoisotopic (exact) mass is 517 g/mol. The molecule has 0 radical (unpaired) electrons. The number of pyridine rings is 1. The summed E-state index contributed by atoms with van der Waals surface area (Å²) in [6, 6.07) is 20.8. The summed E-state index contributed by atoms with van der Waals surface area (Å²) in [5.41, 5.74) is 8.10. The molecule has 0 atom stereocenters. The number of ether oxygens (including phenoxy) is 2. The van der Waals surface area contributed by atoms with Crippen molar-refractivity contribution >= 4 is 16.6 Å². The molecule has 196 valence electrons. The summed E-state index contributed by atoms with van der Waals surface area (Å²) in [4.78, 5) is 10.3. The van der Waals surface area contributed by atoms with Crippen LogP contribution in [0.15, 0.2) is 85.3 Å². The molecule has 0 fully saturated rings. The van der Waals surface area contributed by atoms with E-state index in [1.165, 1.54) is 27.6 Å². The van der Waals surface area contributed by atoms with Gasteiger partial charge in [0.1, 0.15) is 5.65 Å². The Morgan fingerprint density at radius 1 is 0.923 bits per heavy atom. The fraction of sp³-hybridized carbons (Fsp3) is 0.250. The molecule has 0 amide bonds. The third kappa shape index (κ3) is 4.93. The van der Waals surface area contributed by atoms with Crippen LogP contribution < -0.4 is 9.47 Å². The number of benzene rings is 2. The average Bonchev–Trinajstić information content (AvgIpc) is 3.50. The highest BCUT2D eigenvalue weighted by atomic mass is 16.5. The predicted molar refractivity (Wildman–Crippen MR) is 153 cm³/mol. The third-order valence-electron chi connectivity index (χ3n) is 7.53. The van der Waals surface area contributed by atoms with E-state index in [0.29, 0.717) is 13.2 Å². The summed E-state index contributed by atoms with van der Waals surface area (Å²) < 4.78 is 13.9. The van der Waals surface area contributed by atoms with Crippen LogP contribution in [0.2, 0.25) is 0 Å². The highest BCUT2D eigenvalue weighted by Crippen LogP contribution is 2.36. The number of hydrogen-bond acceptors (Lipinski definition) is 5. The maximum Gasteiger partial charge on any atom is 0.161 e. The van der Waals surface area contributed by atoms with E-state index in [4.69, 9.17) is 14.6 Å². The molecular weight excluding hydrogens is 486 g/mol. The highest BCUT2D eigenvalue weighted by Gasteiger charge is 2.21. The number of nitrogens with one attached hydrogen (secondary N) is 1. The van der Waals surface area contributed by atoms with Crippen molar-refractivity contribution in [1.29, 1.82) is 0 Å². The molecule has 0 spiro atoms. The van der Waals surface area contributed by atoms with Crippen molar-refractivity contribution in [3.8, 4) is 22.8 Å². The average molecular weight is 518 g/mol. The number of rotatable bonds is 6. The minimum Gasteiger partial charge on any atom is -0.490 e. The smallest absolute Gasteiger partial charge is 0.161 e. The zero-order valence-electron chi connectivity index (χ0n) is 21.8. The summed E-state index contributed by atoms with van der Waals surface area (Å²) in [5.74, 6) is 1.61. The molecule has 0 aliphatic carbocycles. The molecule has 0 bridgehead atoms. The van der Waals surface area contributed by atoms with Gasteiger partial charge in [0.15, 0.2) is 11.5 Å². The van der Waals surface area contributed by atoms with Crippen molar-refractivity contribution < 1.29 is 9.47 Å². The Balaban J connectivity index is 1.16. The van der Waals surface area contributed by atoms with Crippen LogP contribution in [0.5, 0.6) is 11.5 Å². The second-order valence-corrected chi connectivity index (χ2v) is 10.2. The molecule has 2 aliphatic rings. The van der Waals surface area contributed by atoms with Gasteiger partial charge in [0.2, 0.25) is 0 Å². The fourth-order valence-corrected chi connectivity index (χ4v) is 5.55. The van der Waals surface area contributed by atoms with Gasteiger partial charge < -0.3 is 14.5 Å². The van der Waals surface area contributed by atoms with Crippen molar-refractivity contribution in [3.63, 3.8) is 0 Å². The number of nitrogens with zero attached hydrogens (tertiary/aromatic N) is 4. The van der Waals surface area contributed by atoms with E-state index in [0.717, 1.165) is 67.4 Å². The van der Waals surface area contributed by atoms with Gasteiger partial charge in [-0.25, -0.2) is 4.98 Å². The van der Waals surface area contributed by atoms with E-state index in [1.54, 1.807) is 0 Å². The maximum atomic E-state index is 6.00. The zero-order chi connectivity index (χ0) is 26.0. The van der Waals surface area contributed by atoms with E-state index in [9.17, 15) is 0 Å². The minimum atomic E-state index is 0.667. The van der Waals surface area contributed by atoms with Crippen LogP contribution in [0.1, 0.15) is 29.5 Å². The van der Waals surface area contributed by atoms with Gasteiger partial charge in [-0.1, -0.05) is 36.4 Å². The molecule has 0 saturated heterocycles. The molecular formula is C32H31N5O2. The summed E-state index contributed by atoms with van der Waals surface area (Å²) in [6.45, 7) is 4.80. The molecule has 1 N–H and O–H groups in total. The lowest BCUT2D eigenvalue weighted by Gasteiger charge is -2.26. The Bertz CT molecular complexity index is 1640. The first kappa shape index (κ1) is 23.7. The van der Waals surface area contributed by atoms with Crippen molar-refractivity contribution in [3.05, 3.63) is 102 Å². The molecule has 0 unspecified atom stereocenters. The predicted octanol–water partition coefficient (Wildman–Crippen LogP) is 5.93. The van der Waals surface area contributed by atoms with Gasteiger partial charge in [-0.05, 0) is 47.9 Å². The van der Waals surface area contributed by atoms with Gasteiger partial charge in [0, 0.05) is 66.7 Å². The zero-order valence-corrected chi connectivity index (χ0v) is 21.8. The molecule has 7 rings (SSSR count). The summed E-state index contributed by atoms with van der Waals surface area (Å²) in [7, 11) is 0. The summed E-state index contributed by atoms with van der Waals surface area (Å²) in [6.07, 6.45) is 10.4. The SMILES string of the molecule is C1=C(c2c[nH]c3ncccc23)CCN(Cc2cn(Cc3ccccc3)nc2-c2ccc3c(c2)OCCCO3)C1. The van der Waals surface area contributed by atoms with Crippen LogP contribution in [-0.2, 0) is 13.1 Å². The van der Waals surface area contributed by atoms with Crippen LogP contribution in [0.3, 0.4) is 0 Å². The Labute approximate surface area is 227 Å². The first-order valence-corrected chi connectivity index (χ1v) is 13.6. The lowest BCUT2D eigenvalue weighted by atomic mass is 9.99. The minimum absolute atomic E-state index is 0.667. The van der Waals surface area contributed by atoms with Gasteiger partial charge in [-0.15, -0.1) is 0 Å². The Morgan fingerprint density at radius 3 is 2.69 bits per heavy atom. The van der Waals surface area contributed by atoms with Gasteiger partial charge >= 0.3 is 0 Å². The van der Waals surface area contributed by atoms with Crippen molar-refractivity contribution in [2.75, 3.05) is 26.3 Å². The molecule has 39 heavy (non-hydrogen) atoms. The molecule has 2 aromatic carbocycles. The van der Waals surface area contributed by atoms with Crippen LogP contribution in [0, 0.1) is 0 Å². The number of H-pyrrole nitrogens is 1. The number of aromatic amines is 1. The van der Waals surface area contributed by atoms with E-state index in [-0.39, 0.29) is 0 Å². The first-order valence-electron chi connectivity index (χ1n) is 13.6. The van der Waals surface area contributed by atoms with Gasteiger partial charge in [-0.2, -0.15) is 5.10 Å². The van der Waals surface area contributed by atoms with Crippen molar-refractivity contribution in [2.45, 2.75) is 25.9 Å². The van der Waals surface area contributed by atoms with Crippen LogP contribution in [0.25, 0.3) is 27.9 Å². The molecule has 5 aromatic rings. The van der Waals surface area contributed by atoms with Gasteiger partial charge in [-0.3, -0.25) is 9.58 Å². The van der Waals surface area contributed by atoms with Gasteiger partial charge in [0.05, 0.1) is 25.5 Å². The van der Waals surface area contributed by atoms with Crippen LogP contribution in [0.4, 0.5) is 0 Å². The second kappa shape index (κ2) is 10.4. The highest BCUT2D eigenvalue weighted by molar-refractivity contribution is 5.90. The first-order chi connectivity index (χ1) is 19.3. The van der Waals surface area contributed by atoms with Gasteiger partial charge in [0.25, 0.3) is 0 Å². The Kier molecular flexibility index (Phi) is 6.34. The third-order valence-corrected chi connectivity index (χ3v) is 7.53. The normalized spacial score (nSPS) is 15.7.